The number of aromatic amines is 1. The van der Waals surface area contributed by atoms with E-state index in [4.69, 9.17) is 9.97 Å². The number of imidazole rings is 1. The fourth-order valence-electron chi connectivity index (χ4n) is 8.03. The minimum atomic E-state index is -0.0820. The molecule has 0 saturated carbocycles. The Morgan fingerprint density at radius 2 is 1.24 bits per heavy atom. The summed E-state index contributed by atoms with van der Waals surface area (Å²) >= 11 is 0. The Morgan fingerprint density at radius 3 is 2.11 bits per heavy atom. The van der Waals surface area contributed by atoms with Crippen molar-refractivity contribution in [2.24, 2.45) is 0 Å². The lowest BCUT2D eigenvalue weighted by Gasteiger charge is -2.21. The molecule has 0 fully saturated rings. The van der Waals surface area contributed by atoms with Gasteiger partial charge in [0, 0.05) is 50.1 Å². The third-order valence-corrected chi connectivity index (χ3v) is 10.8. The molecule has 0 amide bonds. The van der Waals surface area contributed by atoms with Gasteiger partial charge in [-0.15, -0.1) is 0 Å². The van der Waals surface area contributed by atoms with Gasteiger partial charge in [-0.1, -0.05) is 142 Å². The predicted octanol–water partition coefficient (Wildman–Crippen LogP) is 13.2. The van der Waals surface area contributed by atoms with Crippen molar-refractivity contribution in [3.8, 4) is 50.6 Å². The molecule has 0 spiro atoms. The standard InChI is InChI=1S/C50H38N4/c1-50(2,3)36-30-41-40-22-9-11-24-43(40)52-47(41)42(31-36)49-53-48-39(34-18-13-19-35(29-34)46-38-21-8-7-17-33(38)27-28-51-46)23-14-26-45(48)54(49)44-25-12-10-20-37(44)32-15-5-4-6-16-32/h4-31,52H,1-3H3. The monoisotopic (exact) mass is 694 g/mol. The van der Waals surface area contributed by atoms with Gasteiger partial charge in [0.05, 0.1) is 27.9 Å². The normalized spacial score (nSPS) is 12.0. The first kappa shape index (κ1) is 31.9. The molecular weight excluding hydrogens is 657 g/mol. The molecule has 0 saturated heterocycles. The number of hydrogen-bond donors (Lipinski definition) is 1. The average Bonchev–Trinajstić information content (AvgIpc) is 3.79. The smallest absolute Gasteiger partial charge is 0.147 e. The number of hydrogen-bond acceptors (Lipinski definition) is 2. The highest BCUT2D eigenvalue weighted by molar-refractivity contribution is 6.12. The maximum atomic E-state index is 5.69. The summed E-state index contributed by atoms with van der Waals surface area (Å²) in [5.41, 5.74) is 14.1. The van der Waals surface area contributed by atoms with E-state index in [1.54, 1.807) is 0 Å². The van der Waals surface area contributed by atoms with Gasteiger partial charge in [0.2, 0.25) is 0 Å². The van der Waals surface area contributed by atoms with Crippen LogP contribution in [0.5, 0.6) is 0 Å². The zero-order chi connectivity index (χ0) is 36.4. The Labute approximate surface area is 314 Å². The van der Waals surface area contributed by atoms with Gasteiger partial charge in [-0.3, -0.25) is 9.55 Å². The molecule has 0 radical (unpaired) electrons. The van der Waals surface area contributed by atoms with Crippen molar-refractivity contribution in [2.45, 2.75) is 26.2 Å². The maximum Gasteiger partial charge on any atom is 0.147 e. The highest BCUT2D eigenvalue weighted by Gasteiger charge is 2.25. The van der Waals surface area contributed by atoms with Crippen molar-refractivity contribution < 1.29 is 0 Å². The second kappa shape index (κ2) is 12.4. The van der Waals surface area contributed by atoms with Gasteiger partial charge in [-0.25, -0.2) is 4.98 Å². The zero-order valence-electron chi connectivity index (χ0n) is 30.5. The highest BCUT2D eigenvalue weighted by atomic mass is 15.1. The summed E-state index contributed by atoms with van der Waals surface area (Å²) in [7, 11) is 0. The van der Waals surface area contributed by atoms with Crippen LogP contribution in [0.2, 0.25) is 0 Å². The van der Waals surface area contributed by atoms with Gasteiger partial charge < -0.3 is 4.98 Å². The fraction of sp³-hybridized carbons (Fsp3) is 0.0800. The van der Waals surface area contributed by atoms with E-state index in [1.165, 1.54) is 21.7 Å². The van der Waals surface area contributed by atoms with Crippen molar-refractivity contribution in [3.63, 3.8) is 0 Å². The number of nitrogens with zero attached hydrogens (tertiary/aromatic N) is 3. The molecule has 0 aliphatic carbocycles. The fourth-order valence-corrected chi connectivity index (χ4v) is 8.03. The summed E-state index contributed by atoms with van der Waals surface area (Å²) in [6.07, 6.45) is 1.90. The molecule has 7 aromatic carbocycles. The molecule has 258 valence electrons. The molecule has 3 heterocycles. The van der Waals surface area contributed by atoms with E-state index in [0.29, 0.717) is 0 Å². The predicted molar refractivity (Wildman–Crippen MR) is 226 cm³/mol. The Bertz CT molecular complexity index is 3030. The number of nitrogens with one attached hydrogen (secondary N) is 1. The number of pyridine rings is 1. The molecule has 1 N–H and O–H groups in total. The third-order valence-electron chi connectivity index (χ3n) is 10.8. The number of H-pyrrole nitrogens is 1. The van der Waals surface area contributed by atoms with Gasteiger partial charge in [0.1, 0.15) is 5.82 Å². The molecule has 10 rings (SSSR count). The van der Waals surface area contributed by atoms with E-state index in [1.807, 2.05) is 6.20 Å². The summed E-state index contributed by atoms with van der Waals surface area (Å²) in [6.45, 7) is 6.86. The van der Waals surface area contributed by atoms with Crippen LogP contribution in [0.15, 0.2) is 170 Å². The van der Waals surface area contributed by atoms with Crippen LogP contribution in [0.4, 0.5) is 0 Å². The third kappa shape index (κ3) is 5.21. The van der Waals surface area contributed by atoms with Crippen LogP contribution >= 0.6 is 0 Å². The van der Waals surface area contributed by atoms with Gasteiger partial charge >= 0.3 is 0 Å². The molecule has 10 aromatic rings. The lowest BCUT2D eigenvalue weighted by Crippen LogP contribution is -2.11. The Kier molecular flexibility index (Phi) is 7.34. The summed E-state index contributed by atoms with van der Waals surface area (Å²) in [5.74, 6) is 0.898. The number of para-hydroxylation sites is 3. The topological polar surface area (TPSA) is 46.5 Å². The van der Waals surface area contributed by atoms with Gasteiger partial charge in [-0.05, 0) is 70.0 Å². The van der Waals surface area contributed by atoms with Crippen molar-refractivity contribution in [3.05, 3.63) is 176 Å². The molecule has 0 atom stereocenters. The Balaban J connectivity index is 1.29. The van der Waals surface area contributed by atoms with Crippen LogP contribution in [-0.4, -0.2) is 19.5 Å². The van der Waals surface area contributed by atoms with E-state index >= 15 is 0 Å². The first-order valence-corrected chi connectivity index (χ1v) is 18.6. The van der Waals surface area contributed by atoms with E-state index in [2.05, 4.69) is 194 Å². The van der Waals surface area contributed by atoms with Crippen molar-refractivity contribution >= 4 is 43.6 Å². The van der Waals surface area contributed by atoms with Crippen LogP contribution < -0.4 is 0 Å². The maximum absolute atomic E-state index is 5.69. The van der Waals surface area contributed by atoms with E-state index < -0.39 is 0 Å². The lowest BCUT2D eigenvalue weighted by atomic mass is 9.85. The summed E-state index contributed by atoms with van der Waals surface area (Å²) in [4.78, 5) is 14.4. The number of benzene rings is 7. The van der Waals surface area contributed by atoms with Crippen molar-refractivity contribution in [1.82, 2.24) is 19.5 Å². The minimum absolute atomic E-state index is 0.0820. The van der Waals surface area contributed by atoms with Crippen LogP contribution in [0.3, 0.4) is 0 Å². The second-order valence-electron chi connectivity index (χ2n) is 15.2. The number of aromatic nitrogens is 4. The minimum Gasteiger partial charge on any atom is -0.354 e. The van der Waals surface area contributed by atoms with Crippen LogP contribution in [0.1, 0.15) is 26.3 Å². The van der Waals surface area contributed by atoms with Crippen LogP contribution in [-0.2, 0) is 5.41 Å². The number of fused-ring (bicyclic) bond motifs is 5. The van der Waals surface area contributed by atoms with Gasteiger partial charge in [0.15, 0.2) is 0 Å². The summed E-state index contributed by atoms with van der Waals surface area (Å²) in [5, 5.41) is 4.74. The molecule has 4 heteroatoms. The molecule has 0 aliphatic heterocycles. The quantitative estimate of drug-likeness (QED) is 0.195. The molecule has 0 unspecified atom stereocenters. The summed E-state index contributed by atoms with van der Waals surface area (Å²) < 4.78 is 2.38. The van der Waals surface area contributed by atoms with Crippen molar-refractivity contribution in [1.29, 1.82) is 0 Å². The Hall–Kier alpha value is -6.78. The molecule has 0 aliphatic rings. The molecular formula is C50H38N4. The van der Waals surface area contributed by atoms with Crippen LogP contribution in [0, 0.1) is 0 Å². The molecule has 3 aromatic heterocycles. The summed E-state index contributed by atoms with van der Waals surface area (Å²) in [6, 6.07) is 58.5. The lowest BCUT2D eigenvalue weighted by molar-refractivity contribution is 0.591. The van der Waals surface area contributed by atoms with E-state index in [0.717, 1.165) is 78.0 Å². The zero-order valence-corrected chi connectivity index (χ0v) is 30.5. The van der Waals surface area contributed by atoms with Gasteiger partial charge in [0.25, 0.3) is 0 Å². The molecule has 54 heavy (non-hydrogen) atoms. The highest BCUT2D eigenvalue weighted by Crippen LogP contribution is 2.43. The Morgan fingerprint density at radius 1 is 0.537 bits per heavy atom. The van der Waals surface area contributed by atoms with E-state index in [9.17, 15) is 0 Å². The second-order valence-corrected chi connectivity index (χ2v) is 15.2. The molecule has 4 nitrogen and oxygen atoms in total. The first-order valence-electron chi connectivity index (χ1n) is 18.6. The van der Waals surface area contributed by atoms with E-state index in [-0.39, 0.29) is 5.41 Å². The van der Waals surface area contributed by atoms with Crippen molar-refractivity contribution in [2.75, 3.05) is 0 Å². The van der Waals surface area contributed by atoms with Gasteiger partial charge in [-0.2, -0.15) is 0 Å². The molecule has 0 bridgehead atoms. The number of rotatable bonds is 5. The average molecular weight is 695 g/mol. The van der Waals surface area contributed by atoms with Crippen LogP contribution in [0.25, 0.3) is 94.2 Å². The first-order chi connectivity index (χ1) is 26.4. The SMILES string of the molecule is CC(C)(C)c1cc(-c2nc3c(-c4cccc(-c5nccc6ccccc56)c4)cccc3n2-c2ccccc2-c2ccccc2)c2[nH]c3ccccc3c2c1. The largest absolute Gasteiger partial charge is 0.354 e.